The van der Waals surface area contributed by atoms with Crippen molar-refractivity contribution in [3.05, 3.63) is 33.1 Å². The van der Waals surface area contributed by atoms with E-state index in [4.69, 9.17) is 9.84 Å². The lowest BCUT2D eigenvalue weighted by atomic mass is 10.2. The van der Waals surface area contributed by atoms with Crippen LogP contribution in [0.2, 0.25) is 0 Å². The number of benzene rings is 1. The third-order valence-electron chi connectivity index (χ3n) is 3.00. The van der Waals surface area contributed by atoms with E-state index in [2.05, 4.69) is 20.7 Å². The predicted octanol–water partition coefficient (Wildman–Crippen LogP) is 2.12. The number of carboxylic acid groups (broad SMARTS) is 1. The lowest BCUT2D eigenvalue weighted by Gasteiger charge is -2.10. The first-order valence-corrected chi connectivity index (χ1v) is 8.39. The first-order chi connectivity index (χ1) is 11.8. The molecule has 0 atom stereocenters. The maximum Gasteiger partial charge on any atom is 0.341 e. The maximum absolute atomic E-state index is 12.3. The first kappa shape index (κ1) is 19.0. The minimum absolute atomic E-state index is 0.0900. The van der Waals surface area contributed by atoms with Crippen LogP contribution in [0, 0.1) is 0 Å². The molecule has 1 N–H and O–H groups in total. The topological polar surface area (TPSA) is 110 Å². The van der Waals surface area contributed by atoms with Crippen LogP contribution in [0.15, 0.2) is 27.6 Å². The molecule has 0 radical (unpaired) electrons. The Morgan fingerprint density at radius 1 is 1.36 bits per heavy atom. The summed E-state index contributed by atoms with van der Waals surface area (Å²) in [5.41, 5.74) is 0.416. The fourth-order valence-electron chi connectivity index (χ4n) is 1.87. The van der Waals surface area contributed by atoms with Gasteiger partial charge in [-0.1, -0.05) is 15.9 Å². The molecule has 1 aliphatic heterocycles. The van der Waals surface area contributed by atoms with Crippen molar-refractivity contribution in [2.45, 2.75) is 0 Å². The minimum atomic E-state index is -1.15. The smallest absolute Gasteiger partial charge is 0.341 e. The summed E-state index contributed by atoms with van der Waals surface area (Å²) in [7, 11) is 1.16. The van der Waals surface area contributed by atoms with Gasteiger partial charge in [-0.05, 0) is 36.0 Å². The monoisotopic (exact) mass is 429 g/mol. The van der Waals surface area contributed by atoms with Crippen LogP contribution in [-0.4, -0.2) is 53.4 Å². The molecule has 0 unspecified atom stereocenters. The average molecular weight is 430 g/mol. The molecule has 1 heterocycles. The third kappa shape index (κ3) is 4.83. The molecule has 1 aromatic rings. The van der Waals surface area contributed by atoms with E-state index in [0.717, 1.165) is 12.0 Å². The van der Waals surface area contributed by atoms with Crippen molar-refractivity contribution in [3.8, 4) is 5.75 Å². The van der Waals surface area contributed by atoms with Crippen molar-refractivity contribution in [2.24, 2.45) is 0 Å². The number of carbonyl (C=O) groups is 4. The van der Waals surface area contributed by atoms with Gasteiger partial charge in [-0.15, -0.1) is 0 Å². The Kier molecular flexibility index (Phi) is 6.21. The highest BCUT2D eigenvalue weighted by Gasteiger charge is 2.36. The normalized spacial score (nSPS) is 15.6. The summed E-state index contributed by atoms with van der Waals surface area (Å²) in [6, 6.07) is 4.81. The van der Waals surface area contributed by atoms with E-state index >= 15 is 0 Å². The van der Waals surface area contributed by atoms with Gasteiger partial charge in [0.15, 0.2) is 6.61 Å². The molecule has 2 rings (SSSR count). The molecule has 132 valence electrons. The van der Waals surface area contributed by atoms with E-state index in [-0.39, 0.29) is 10.7 Å². The predicted molar refractivity (Wildman–Crippen MR) is 92.0 cm³/mol. The van der Waals surface area contributed by atoms with Crippen LogP contribution in [0.4, 0.5) is 4.79 Å². The molecule has 1 aromatic carbocycles. The molecule has 8 nitrogen and oxygen atoms in total. The Morgan fingerprint density at radius 3 is 2.72 bits per heavy atom. The van der Waals surface area contributed by atoms with Crippen molar-refractivity contribution in [1.82, 2.24) is 4.90 Å². The first-order valence-electron chi connectivity index (χ1n) is 6.78. The van der Waals surface area contributed by atoms with Crippen molar-refractivity contribution >= 4 is 56.9 Å². The second-order valence-corrected chi connectivity index (χ2v) is 6.62. The number of imide groups is 1. The Bertz CT molecular complexity index is 777. The molecule has 25 heavy (non-hydrogen) atoms. The maximum atomic E-state index is 12.3. The van der Waals surface area contributed by atoms with Crippen molar-refractivity contribution in [2.75, 3.05) is 20.3 Å². The van der Waals surface area contributed by atoms with Gasteiger partial charge in [0.05, 0.1) is 12.0 Å². The quantitative estimate of drug-likeness (QED) is 0.540. The molecular weight excluding hydrogens is 418 g/mol. The Morgan fingerprint density at radius 2 is 2.08 bits per heavy atom. The van der Waals surface area contributed by atoms with Gasteiger partial charge in [-0.2, -0.15) is 0 Å². The number of thioether (sulfide) groups is 1. The van der Waals surface area contributed by atoms with Gasteiger partial charge in [-0.25, -0.2) is 4.79 Å². The number of amides is 2. The van der Waals surface area contributed by atoms with E-state index < -0.39 is 36.2 Å². The van der Waals surface area contributed by atoms with Crippen LogP contribution in [0.5, 0.6) is 5.75 Å². The van der Waals surface area contributed by atoms with Gasteiger partial charge in [0.25, 0.3) is 11.1 Å². The average Bonchev–Trinajstić information content (AvgIpc) is 2.81. The summed E-state index contributed by atoms with van der Waals surface area (Å²) < 4.78 is 10.3. The number of esters is 1. The molecule has 1 saturated heterocycles. The number of aliphatic carboxylic acids is 1. The molecule has 2 amide bonds. The Balaban J connectivity index is 2.29. The second kappa shape index (κ2) is 8.17. The van der Waals surface area contributed by atoms with E-state index in [1.807, 2.05) is 0 Å². The third-order valence-corrected chi connectivity index (χ3v) is 4.40. The molecule has 1 aliphatic rings. The Labute approximate surface area is 154 Å². The van der Waals surface area contributed by atoms with E-state index in [1.165, 1.54) is 12.1 Å². The number of nitrogens with zero attached hydrogens (tertiary/aromatic N) is 1. The summed E-state index contributed by atoms with van der Waals surface area (Å²) in [4.78, 5) is 47.0. The lowest BCUT2D eigenvalue weighted by molar-refractivity contribution is -0.143. The number of carbonyl (C=O) groups excluding carboxylic acids is 3. The number of carboxylic acids is 1. The van der Waals surface area contributed by atoms with Crippen LogP contribution < -0.4 is 4.74 Å². The zero-order valence-corrected chi connectivity index (χ0v) is 15.3. The van der Waals surface area contributed by atoms with Crippen LogP contribution in [0.1, 0.15) is 5.56 Å². The number of halogens is 1. The number of ether oxygens (including phenoxy) is 2. The molecule has 0 aromatic heterocycles. The van der Waals surface area contributed by atoms with E-state index in [1.54, 1.807) is 12.1 Å². The van der Waals surface area contributed by atoms with Gasteiger partial charge < -0.3 is 14.6 Å². The summed E-state index contributed by atoms with van der Waals surface area (Å²) >= 11 is 3.95. The molecule has 0 saturated carbocycles. The number of hydrogen-bond donors (Lipinski definition) is 1. The minimum Gasteiger partial charge on any atom is -0.481 e. The number of methoxy groups -OCH3 is 1. The van der Waals surface area contributed by atoms with Gasteiger partial charge in [0.1, 0.15) is 12.3 Å². The summed E-state index contributed by atoms with van der Waals surface area (Å²) in [5, 5.41) is 8.13. The zero-order valence-electron chi connectivity index (χ0n) is 12.9. The highest BCUT2D eigenvalue weighted by molar-refractivity contribution is 9.10. The van der Waals surface area contributed by atoms with E-state index in [0.29, 0.717) is 21.8 Å². The zero-order chi connectivity index (χ0) is 18.6. The fourth-order valence-corrected chi connectivity index (χ4v) is 3.08. The lowest BCUT2D eigenvalue weighted by Crippen LogP contribution is -2.34. The largest absolute Gasteiger partial charge is 0.481 e. The molecule has 0 bridgehead atoms. The van der Waals surface area contributed by atoms with Gasteiger partial charge in [-0.3, -0.25) is 19.3 Å². The van der Waals surface area contributed by atoms with Crippen molar-refractivity contribution < 1.29 is 33.8 Å². The van der Waals surface area contributed by atoms with Crippen LogP contribution in [0.25, 0.3) is 6.08 Å². The molecule has 0 aliphatic carbocycles. The SMILES string of the molecule is COC(=O)CN1C(=O)S/C(=C/c2cc(Br)ccc2OCC(=O)O)C1=O. The van der Waals surface area contributed by atoms with Crippen LogP contribution in [-0.2, 0) is 19.1 Å². The van der Waals surface area contributed by atoms with Gasteiger partial charge >= 0.3 is 11.9 Å². The van der Waals surface area contributed by atoms with Crippen molar-refractivity contribution in [3.63, 3.8) is 0 Å². The standard InChI is InChI=1S/C15H12BrNO7S/c1-23-13(20)6-17-14(21)11(25-15(17)22)5-8-4-9(16)2-3-10(8)24-7-12(18)19/h2-5H,6-7H2,1H3,(H,18,19)/b11-5+. The Hall–Kier alpha value is -2.33. The molecule has 10 heteroatoms. The highest BCUT2D eigenvalue weighted by Crippen LogP contribution is 2.34. The van der Waals surface area contributed by atoms with Crippen LogP contribution in [0.3, 0.4) is 0 Å². The number of rotatable bonds is 6. The van der Waals surface area contributed by atoms with E-state index in [9.17, 15) is 19.2 Å². The molecular formula is C15H12BrNO7S. The van der Waals surface area contributed by atoms with Gasteiger partial charge in [0.2, 0.25) is 0 Å². The fraction of sp³-hybridized carbons (Fsp3) is 0.200. The van der Waals surface area contributed by atoms with Crippen molar-refractivity contribution in [1.29, 1.82) is 0 Å². The highest BCUT2D eigenvalue weighted by atomic mass is 79.9. The van der Waals surface area contributed by atoms with Gasteiger partial charge in [0, 0.05) is 10.0 Å². The molecule has 1 fully saturated rings. The van der Waals surface area contributed by atoms with Crippen LogP contribution >= 0.6 is 27.7 Å². The summed E-state index contributed by atoms with van der Waals surface area (Å²) in [6.07, 6.45) is 1.41. The summed E-state index contributed by atoms with van der Waals surface area (Å²) in [5.74, 6) is -2.25. The number of hydrogen-bond acceptors (Lipinski definition) is 7. The summed E-state index contributed by atoms with van der Waals surface area (Å²) in [6.45, 7) is -1.02. The molecule has 0 spiro atoms. The second-order valence-electron chi connectivity index (χ2n) is 4.71.